The Kier molecular flexibility index (Phi) is 9.32. The lowest BCUT2D eigenvalue weighted by atomic mass is 9.33. The number of fused-ring (bicyclic) bond motifs is 12. The number of benzene rings is 8. The van der Waals surface area contributed by atoms with Gasteiger partial charge in [0.25, 0.3) is 6.71 Å². The Morgan fingerprint density at radius 2 is 1.11 bits per heavy atom. The van der Waals surface area contributed by atoms with Crippen molar-refractivity contribution in [2.24, 2.45) is 0 Å². The molecule has 8 aromatic rings. The van der Waals surface area contributed by atoms with Crippen LogP contribution in [0.25, 0.3) is 11.1 Å². The summed E-state index contributed by atoms with van der Waals surface area (Å²) in [4.78, 5) is 8.47. The number of hydrogen-bond acceptors (Lipinski definition) is 3. The number of anilines is 7. The van der Waals surface area contributed by atoms with E-state index in [-0.39, 0.29) is 39.5 Å². The van der Waals surface area contributed by atoms with Crippen LogP contribution in [0.15, 0.2) is 176 Å². The lowest BCUT2D eigenvalue weighted by Gasteiger charge is -2.55. The van der Waals surface area contributed by atoms with Crippen molar-refractivity contribution >= 4 is 62.9 Å². The van der Waals surface area contributed by atoms with Gasteiger partial charge in [0.15, 0.2) is 0 Å². The van der Waals surface area contributed by atoms with Crippen LogP contribution >= 0.6 is 0 Å². The van der Waals surface area contributed by atoms with Crippen LogP contribution in [0.4, 0.5) is 39.8 Å². The molecular formula is C69H68BN3. The van der Waals surface area contributed by atoms with Gasteiger partial charge in [-0.05, 0) is 148 Å². The normalized spacial score (nSPS) is 24.0. The molecule has 4 aliphatic heterocycles. The van der Waals surface area contributed by atoms with Gasteiger partial charge >= 0.3 is 0 Å². The van der Waals surface area contributed by atoms with E-state index in [9.17, 15) is 0 Å². The van der Waals surface area contributed by atoms with E-state index in [1.54, 1.807) is 0 Å². The van der Waals surface area contributed by atoms with Crippen molar-refractivity contribution in [2.45, 2.75) is 134 Å². The molecule has 6 aliphatic rings. The Morgan fingerprint density at radius 1 is 0.479 bits per heavy atom. The van der Waals surface area contributed by atoms with Gasteiger partial charge in [0.05, 0.1) is 16.8 Å². The molecular weight excluding hydrogens is 882 g/mol. The Bertz CT molecular complexity index is 3580. The van der Waals surface area contributed by atoms with Crippen molar-refractivity contribution < 1.29 is 0 Å². The summed E-state index contributed by atoms with van der Waals surface area (Å²) in [5.41, 5.74) is 24.9. The third-order valence-electron chi connectivity index (χ3n) is 19.7. The summed E-state index contributed by atoms with van der Waals surface area (Å²) in [6.07, 6.45) is 6.80. The topological polar surface area (TPSA) is 9.72 Å². The third kappa shape index (κ3) is 5.79. The molecule has 1 saturated carbocycles. The molecule has 362 valence electrons. The van der Waals surface area contributed by atoms with Crippen LogP contribution in [0.2, 0.25) is 0 Å². The summed E-state index contributed by atoms with van der Waals surface area (Å²) >= 11 is 0. The zero-order chi connectivity index (χ0) is 50.0. The van der Waals surface area contributed by atoms with E-state index in [1.807, 2.05) is 0 Å². The summed E-state index contributed by atoms with van der Waals surface area (Å²) in [5.74, 6) is 0. The maximum atomic E-state index is 2.94. The highest BCUT2D eigenvalue weighted by Crippen LogP contribution is 2.67. The molecule has 0 amide bonds. The molecule has 0 aromatic heterocycles. The maximum absolute atomic E-state index is 2.94. The largest absolute Gasteiger partial charge is 0.335 e. The molecule has 73 heavy (non-hydrogen) atoms. The second kappa shape index (κ2) is 15.2. The monoisotopic (exact) mass is 950 g/mol. The van der Waals surface area contributed by atoms with Crippen LogP contribution in [-0.2, 0) is 33.6 Å². The highest BCUT2D eigenvalue weighted by Gasteiger charge is 2.65. The molecule has 4 heterocycles. The van der Waals surface area contributed by atoms with E-state index in [0.29, 0.717) is 0 Å². The van der Waals surface area contributed by atoms with E-state index in [2.05, 4.69) is 253 Å². The Hall–Kier alpha value is -6.78. The van der Waals surface area contributed by atoms with E-state index < -0.39 is 0 Å². The third-order valence-corrected chi connectivity index (χ3v) is 19.7. The molecule has 0 N–H and O–H groups in total. The minimum absolute atomic E-state index is 0.0199. The SMILES string of the molecule is CC(C)(C)c1ccc2c(c1)B1c3cccc4c3N(c3cc(N5c6ccccc6C6(C)CCc7ccccc7C56C)cc(c31)N2c1ccc(C(C)(C)C)cc1-c1ccccc1)C1(C)CCCCC41c1ccccc1. The first-order valence-corrected chi connectivity index (χ1v) is 27.4. The molecule has 3 nitrogen and oxygen atoms in total. The first kappa shape index (κ1) is 44.9. The summed E-state index contributed by atoms with van der Waals surface area (Å²) in [7, 11) is 0. The predicted octanol–water partition coefficient (Wildman–Crippen LogP) is 15.6. The molecule has 4 heteroatoms. The Balaban J connectivity index is 1.15. The zero-order valence-electron chi connectivity index (χ0n) is 44.4. The van der Waals surface area contributed by atoms with E-state index in [1.165, 1.54) is 119 Å². The van der Waals surface area contributed by atoms with E-state index in [0.717, 1.165) is 25.7 Å². The average Bonchev–Trinajstić information content (AvgIpc) is 3.77. The minimum Gasteiger partial charge on any atom is -0.335 e. The van der Waals surface area contributed by atoms with Crippen LogP contribution in [0.1, 0.15) is 133 Å². The first-order valence-electron chi connectivity index (χ1n) is 27.4. The summed E-state index contributed by atoms with van der Waals surface area (Å²) in [5, 5.41) is 0. The van der Waals surface area contributed by atoms with Crippen LogP contribution in [0, 0.1) is 0 Å². The van der Waals surface area contributed by atoms with Crippen molar-refractivity contribution in [2.75, 3.05) is 14.7 Å². The Labute approximate surface area is 435 Å². The maximum Gasteiger partial charge on any atom is 0.252 e. The highest BCUT2D eigenvalue weighted by molar-refractivity contribution is 7.00. The Morgan fingerprint density at radius 3 is 1.86 bits per heavy atom. The van der Waals surface area contributed by atoms with Crippen LogP contribution in [-0.4, -0.2) is 12.3 Å². The number of para-hydroxylation sites is 2. The lowest BCUT2D eigenvalue weighted by Crippen LogP contribution is -2.65. The van der Waals surface area contributed by atoms with Crippen molar-refractivity contribution in [3.8, 4) is 11.1 Å². The fraction of sp³-hybridized carbons (Fsp3) is 0.304. The van der Waals surface area contributed by atoms with E-state index in [4.69, 9.17) is 0 Å². The predicted molar refractivity (Wildman–Crippen MR) is 309 cm³/mol. The van der Waals surface area contributed by atoms with Gasteiger partial charge in [-0.25, -0.2) is 0 Å². The van der Waals surface area contributed by atoms with Crippen LogP contribution in [0.5, 0.6) is 0 Å². The number of nitrogens with zero attached hydrogens (tertiary/aromatic N) is 3. The van der Waals surface area contributed by atoms with Crippen molar-refractivity contribution in [3.63, 3.8) is 0 Å². The summed E-state index contributed by atoms with van der Waals surface area (Å²) < 4.78 is 0. The van der Waals surface area contributed by atoms with Gasteiger partial charge in [0.1, 0.15) is 0 Å². The van der Waals surface area contributed by atoms with Gasteiger partial charge in [-0.1, -0.05) is 201 Å². The smallest absolute Gasteiger partial charge is 0.252 e. The number of rotatable bonds is 4. The summed E-state index contributed by atoms with van der Waals surface area (Å²) in [6, 6.07) is 69.3. The standard InChI is InChI=1S/C69H68BN3/c1-64(2,3)48-33-35-57(51(41-48)45-23-12-10-13-24-45)71-59-36-34-49(65(4,5)6)42-56(59)70-55-31-22-30-54-63(55)73(67(8)38-20-21-39-69(54,67)47-26-14-11-15-27-47)61-44-50(43-60(71)62(61)70)72-58-32-19-18-29-53(58)66(7)40-37-46-25-16-17-28-52(46)68(66,72)9/h10-19,22-36,41-44H,20-21,37-40H2,1-9H3. The highest BCUT2D eigenvalue weighted by atomic mass is 15.3. The van der Waals surface area contributed by atoms with Gasteiger partial charge in [-0.2, -0.15) is 0 Å². The van der Waals surface area contributed by atoms with Crippen molar-refractivity contribution in [1.29, 1.82) is 0 Å². The second-order valence-corrected chi connectivity index (χ2v) is 25.3. The first-order chi connectivity index (χ1) is 35.1. The molecule has 0 saturated heterocycles. The van der Waals surface area contributed by atoms with Gasteiger partial charge in [-0.15, -0.1) is 0 Å². The molecule has 4 unspecified atom stereocenters. The fourth-order valence-electron chi connectivity index (χ4n) is 15.9. The average molecular weight is 950 g/mol. The molecule has 0 spiro atoms. The van der Waals surface area contributed by atoms with Crippen molar-refractivity contribution in [3.05, 3.63) is 215 Å². The molecule has 0 bridgehead atoms. The van der Waals surface area contributed by atoms with Crippen molar-refractivity contribution in [1.82, 2.24) is 0 Å². The number of hydrogen-bond donors (Lipinski definition) is 0. The van der Waals surface area contributed by atoms with Gasteiger partial charge in [0.2, 0.25) is 0 Å². The quantitative estimate of drug-likeness (QED) is 0.163. The fourth-order valence-corrected chi connectivity index (χ4v) is 15.9. The molecule has 0 radical (unpaired) electrons. The molecule has 2 aliphatic carbocycles. The number of aryl methyl sites for hydroxylation is 1. The van der Waals surface area contributed by atoms with Gasteiger partial charge < -0.3 is 14.7 Å². The minimum atomic E-state index is -0.361. The molecule has 8 aromatic carbocycles. The molecule has 1 fully saturated rings. The summed E-state index contributed by atoms with van der Waals surface area (Å²) in [6.45, 7) is 22.0. The van der Waals surface area contributed by atoms with Crippen LogP contribution in [0.3, 0.4) is 0 Å². The van der Waals surface area contributed by atoms with Gasteiger partial charge in [-0.3, -0.25) is 0 Å². The second-order valence-electron chi connectivity index (χ2n) is 25.3. The van der Waals surface area contributed by atoms with Crippen LogP contribution < -0.4 is 31.1 Å². The van der Waals surface area contributed by atoms with E-state index >= 15 is 0 Å². The lowest BCUT2D eigenvalue weighted by molar-refractivity contribution is 0.215. The zero-order valence-corrected chi connectivity index (χ0v) is 44.4. The molecule has 4 atom stereocenters. The molecule has 14 rings (SSSR count). The van der Waals surface area contributed by atoms with Gasteiger partial charge in [0, 0.05) is 50.5 Å².